The summed E-state index contributed by atoms with van der Waals surface area (Å²) in [6.07, 6.45) is 4.32. The van der Waals surface area contributed by atoms with Gasteiger partial charge in [0.05, 0.1) is 5.02 Å². The van der Waals surface area contributed by atoms with Crippen LogP contribution in [0.3, 0.4) is 0 Å². The zero-order valence-corrected chi connectivity index (χ0v) is 10.6. The average Bonchev–Trinajstić information content (AvgIpc) is 3.08. The fourth-order valence-corrected chi connectivity index (χ4v) is 3.04. The molecule has 0 atom stereocenters. The number of aromatic nitrogens is 1. The molecule has 0 radical (unpaired) electrons. The quantitative estimate of drug-likeness (QED) is 0.833. The molecule has 0 spiro atoms. The van der Waals surface area contributed by atoms with Crippen molar-refractivity contribution in [3.8, 4) is 0 Å². The van der Waals surface area contributed by atoms with Crippen LogP contribution in [0.1, 0.15) is 12.8 Å². The molecule has 1 aliphatic carbocycles. The molecule has 1 heterocycles. The van der Waals surface area contributed by atoms with E-state index < -0.39 is 10.0 Å². The molecule has 7 heteroatoms. The summed E-state index contributed by atoms with van der Waals surface area (Å²) in [5.41, 5.74) is -0.276. The molecule has 1 fully saturated rings. The van der Waals surface area contributed by atoms with Crippen molar-refractivity contribution in [1.29, 1.82) is 0 Å². The Labute approximate surface area is 105 Å². The molecule has 17 heavy (non-hydrogen) atoms. The molecule has 5 nitrogen and oxygen atoms in total. The van der Waals surface area contributed by atoms with E-state index in [1.165, 1.54) is 18.5 Å². The molecule has 0 bridgehead atoms. The van der Waals surface area contributed by atoms with Gasteiger partial charge in [-0.1, -0.05) is 11.6 Å². The number of rotatable bonds is 5. The predicted octanol–water partition coefficient (Wildman–Crippen LogP) is 0.786. The third kappa shape index (κ3) is 2.77. The summed E-state index contributed by atoms with van der Waals surface area (Å²) in [6.45, 7) is 0.230. The number of aliphatic hydroxyl groups excluding tert-OH is 1. The standard InChI is InChI=1S/C10H13ClN2O3S/c11-8-1-4-12-5-9(8)17(15,16)13-6-10(7-14)2-3-10/h1,4-5,13-14H,2-3,6-7H2. The van der Waals surface area contributed by atoms with Gasteiger partial charge in [-0.15, -0.1) is 0 Å². The molecular formula is C10H13ClN2O3S. The normalized spacial score (nSPS) is 18.0. The van der Waals surface area contributed by atoms with Gasteiger partial charge in [0.15, 0.2) is 0 Å². The van der Waals surface area contributed by atoms with Crippen molar-refractivity contribution in [2.24, 2.45) is 5.41 Å². The Hall–Kier alpha value is -0.690. The number of nitrogens with one attached hydrogen (secondary N) is 1. The van der Waals surface area contributed by atoms with E-state index in [1.54, 1.807) is 0 Å². The van der Waals surface area contributed by atoms with Crippen LogP contribution in [0.4, 0.5) is 0 Å². The summed E-state index contributed by atoms with van der Waals surface area (Å²) in [4.78, 5) is 3.71. The molecule has 0 saturated heterocycles. The molecule has 1 aliphatic rings. The molecule has 2 N–H and O–H groups in total. The van der Waals surface area contributed by atoms with Crippen LogP contribution in [0.2, 0.25) is 5.02 Å². The summed E-state index contributed by atoms with van der Waals surface area (Å²) >= 11 is 5.80. The molecule has 2 rings (SSSR count). The van der Waals surface area contributed by atoms with E-state index in [0.717, 1.165) is 12.8 Å². The highest BCUT2D eigenvalue weighted by Gasteiger charge is 2.42. The van der Waals surface area contributed by atoms with Gasteiger partial charge >= 0.3 is 0 Å². The fourth-order valence-electron chi connectivity index (χ4n) is 1.45. The highest BCUT2D eigenvalue weighted by Crippen LogP contribution is 2.44. The van der Waals surface area contributed by atoms with Crippen LogP contribution in [0.5, 0.6) is 0 Å². The lowest BCUT2D eigenvalue weighted by atomic mass is 10.1. The highest BCUT2D eigenvalue weighted by atomic mass is 35.5. The van der Waals surface area contributed by atoms with Crippen molar-refractivity contribution in [1.82, 2.24) is 9.71 Å². The number of aliphatic hydroxyl groups is 1. The number of hydrogen-bond donors (Lipinski definition) is 2. The molecular weight excluding hydrogens is 264 g/mol. The van der Waals surface area contributed by atoms with E-state index in [2.05, 4.69) is 9.71 Å². The Kier molecular flexibility index (Phi) is 3.40. The zero-order chi connectivity index (χ0) is 12.5. The first kappa shape index (κ1) is 12.8. The Balaban J connectivity index is 2.12. The van der Waals surface area contributed by atoms with Crippen molar-refractivity contribution in [2.75, 3.05) is 13.2 Å². The summed E-state index contributed by atoms with van der Waals surface area (Å²) < 4.78 is 26.3. The average molecular weight is 277 g/mol. The van der Waals surface area contributed by atoms with Gasteiger partial charge in [0.1, 0.15) is 4.90 Å². The first-order valence-electron chi connectivity index (χ1n) is 5.19. The molecule has 1 aromatic heterocycles. The molecule has 94 valence electrons. The van der Waals surface area contributed by atoms with Crippen LogP contribution in [-0.2, 0) is 10.0 Å². The van der Waals surface area contributed by atoms with E-state index >= 15 is 0 Å². The summed E-state index contributed by atoms with van der Waals surface area (Å²) in [6, 6.07) is 1.43. The first-order chi connectivity index (χ1) is 7.99. The van der Waals surface area contributed by atoms with E-state index in [9.17, 15) is 8.42 Å². The van der Waals surface area contributed by atoms with Crippen LogP contribution in [0.25, 0.3) is 0 Å². The number of sulfonamides is 1. The van der Waals surface area contributed by atoms with Gasteiger partial charge in [-0.3, -0.25) is 4.98 Å². The van der Waals surface area contributed by atoms with Gasteiger partial charge in [0, 0.05) is 31.0 Å². The fraction of sp³-hybridized carbons (Fsp3) is 0.500. The topological polar surface area (TPSA) is 79.3 Å². The predicted molar refractivity (Wildman–Crippen MR) is 63.2 cm³/mol. The lowest BCUT2D eigenvalue weighted by molar-refractivity contribution is 0.213. The van der Waals surface area contributed by atoms with Crippen molar-refractivity contribution >= 4 is 21.6 Å². The second-order valence-electron chi connectivity index (χ2n) is 4.29. The SMILES string of the molecule is O=S(=O)(NCC1(CO)CC1)c1cnccc1Cl. The Morgan fingerprint density at radius 3 is 2.76 bits per heavy atom. The van der Waals surface area contributed by atoms with Crippen molar-refractivity contribution in [3.63, 3.8) is 0 Å². The number of halogens is 1. The highest BCUT2D eigenvalue weighted by molar-refractivity contribution is 7.89. The molecule has 0 unspecified atom stereocenters. The third-order valence-electron chi connectivity index (χ3n) is 2.95. The van der Waals surface area contributed by atoms with E-state index in [-0.39, 0.29) is 28.5 Å². The molecule has 0 amide bonds. The first-order valence-corrected chi connectivity index (χ1v) is 7.05. The Morgan fingerprint density at radius 2 is 2.24 bits per heavy atom. The second kappa shape index (κ2) is 4.53. The molecule has 0 aliphatic heterocycles. The smallest absolute Gasteiger partial charge is 0.243 e. The molecule has 1 aromatic rings. The van der Waals surface area contributed by atoms with E-state index in [4.69, 9.17) is 16.7 Å². The Morgan fingerprint density at radius 1 is 1.53 bits per heavy atom. The number of pyridine rings is 1. The van der Waals surface area contributed by atoms with Crippen LogP contribution in [0, 0.1) is 5.41 Å². The van der Waals surface area contributed by atoms with Gasteiger partial charge in [-0.05, 0) is 18.9 Å². The lowest BCUT2D eigenvalue weighted by Crippen LogP contribution is -2.32. The maximum Gasteiger partial charge on any atom is 0.243 e. The maximum absolute atomic E-state index is 11.9. The van der Waals surface area contributed by atoms with Crippen molar-refractivity contribution in [3.05, 3.63) is 23.5 Å². The van der Waals surface area contributed by atoms with Gasteiger partial charge in [-0.25, -0.2) is 13.1 Å². The molecule has 0 aromatic carbocycles. The van der Waals surface area contributed by atoms with Crippen LogP contribution < -0.4 is 4.72 Å². The van der Waals surface area contributed by atoms with Gasteiger partial charge in [0.2, 0.25) is 10.0 Å². The summed E-state index contributed by atoms with van der Waals surface area (Å²) in [7, 11) is -3.65. The minimum Gasteiger partial charge on any atom is -0.396 e. The van der Waals surface area contributed by atoms with E-state index in [0.29, 0.717) is 0 Å². The van der Waals surface area contributed by atoms with Gasteiger partial charge < -0.3 is 5.11 Å². The van der Waals surface area contributed by atoms with Crippen LogP contribution >= 0.6 is 11.6 Å². The van der Waals surface area contributed by atoms with Crippen LogP contribution in [0.15, 0.2) is 23.4 Å². The second-order valence-corrected chi connectivity index (χ2v) is 6.43. The lowest BCUT2D eigenvalue weighted by Gasteiger charge is -2.13. The zero-order valence-electron chi connectivity index (χ0n) is 9.06. The van der Waals surface area contributed by atoms with E-state index in [1.807, 2.05) is 0 Å². The molecule has 1 saturated carbocycles. The van der Waals surface area contributed by atoms with Gasteiger partial charge in [0.25, 0.3) is 0 Å². The minimum absolute atomic E-state index is 0.00368. The maximum atomic E-state index is 11.9. The third-order valence-corrected chi connectivity index (χ3v) is 4.82. The van der Waals surface area contributed by atoms with Gasteiger partial charge in [-0.2, -0.15) is 0 Å². The summed E-state index contributed by atoms with van der Waals surface area (Å²) in [5, 5.41) is 9.25. The monoisotopic (exact) mass is 276 g/mol. The summed E-state index contributed by atoms with van der Waals surface area (Å²) in [5.74, 6) is 0. The van der Waals surface area contributed by atoms with Crippen molar-refractivity contribution in [2.45, 2.75) is 17.7 Å². The van der Waals surface area contributed by atoms with Crippen molar-refractivity contribution < 1.29 is 13.5 Å². The van der Waals surface area contributed by atoms with Crippen LogP contribution in [-0.4, -0.2) is 31.7 Å². The number of nitrogens with zero attached hydrogens (tertiary/aromatic N) is 1. The Bertz CT molecular complexity index is 514. The minimum atomic E-state index is -3.65. The largest absolute Gasteiger partial charge is 0.396 e. The number of hydrogen-bond acceptors (Lipinski definition) is 4.